The van der Waals surface area contributed by atoms with E-state index in [-0.39, 0.29) is 23.3 Å². The SMILES string of the molecule is C=C1CC2(C=O)CC1CCC2C1(C)CCCC2(C)C(=O)OC(=O)C21. The van der Waals surface area contributed by atoms with Crippen LogP contribution in [0.3, 0.4) is 0 Å². The summed E-state index contributed by atoms with van der Waals surface area (Å²) < 4.78 is 5.08. The van der Waals surface area contributed by atoms with Gasteiger partial charge in [0, 0.05) is 5.41 Å². The lowest BCUT2D eigenvalue weighted by molar-refractivity contribution is -0.156. The van der Waals surface area contributed by atoms with Gasteiger partial charge in [0.2, 0.25) is 0 Å². The average Bonchev–Trinajstić information content (AvgIpc) is 2.91. The maximum Gasteiger partial charge on any atom is 0.320 e. The van der Waals surface area contributed by atoms with Crippen molar-refractivity contribution in [3.63, 3.8) is 0 Å². The highest BCUT2D eigenvalue weighted by Gasteiger charge is 2.68. The number of cyclic esters (lactones) is 2. The molecule has 1 heterocycles. The molecule has 2 bridgehead atoms. The second kappa shape index (κ2) is 4.80. The van der Waals surface area contributed by atoms with E-state index in [1.54, 1.807) is 0 Å². The van der Waals surface area contributed by atoms with Crippen LogP contribution in [0.4, 0.5) is 0 Å². The molecule has 130 valence electrons. The van der Waals surface area contributed by atoms with E-state index in [1.165, 1.54) is 5.57 Å². The Bertz CT molecular complexity index is 652. The Morgan fingerprint density at radius 2 is 1.96 bits per heavy atom. The Morgan fingerprint density at radius 3 is 2.67 bits per heavy atom. The Hall–Kier alpha value is -1.45. The molecule has 0 aromatic rings. The minimum Gasteiger partial charge on any atom is -0.392 e. The number of fused-ring (bicyclic) bond motifs is 3. The van der Waals surface area contributed by atoms with Gasteiger partial charge in [-0.25, -0.2) is 0 Å². The van der Waals surface area contributed by atoms with Crippen LogP contribution >= 0.6 is 0 Å². The summed E-state index contributed by atoms with van der Waals surface area (Å²) in [5, 5.41) is 0. The molecule has 0 radical (unpaired) electrons. The molecule has 6 unspecified atom stereocenters. The molecule has 4 heteroatoms. The maximum absolute atomic E-state index is 12.6. The predicted molar refractivity (Wildman–Crippen MR) is 87.7 cm³/mol. The summed E-state index contributed by atoms with van der Waals surface area (Å²) in [7, 11) is 0. The highest BCUT2D eigenvalue weighted by Crippen LogP contribution is 2.67. The van der Waals surface area contributed by atoms with Crippen molar-refractivity contribution in [3.8, 4) is 0 Å². The quantitative estimate of drug-likeness (QED) is 0.337. The number of allylic oxidation sites excluding steroid dienone is 1. The van der Waals surface area contributed by atoms with Gasteiger partial charge < -0.3 is 9.53 Å². The molecule has 0 amide bonds. The molecule has 24 heavy (non-hydrogen) atoms. The topological polar surface area (TPSA) is 60.4 Å². The van der Waals surface area contributed by atoms with E-state index in [4.69, 9.17) is 4.74 Å². The molecule has 4 fully saturated rings. The standard InChI is InChI=1S/C20H26O4/c1-12-9-20(11-21)10-13(12)5-6-14(20)18(2)7-4-8-19(3)15(18)16(22)24-17(19)23/h11,13-15H,1,4-10H2,2-3H3. The second-order valence-electron chi connectivity index (χ2n) is 9.14. The summed E-state index contributed by atoms with van der Waals surface area (Å²) in [5.41, 5.74) is -0.288. The summed E-state index contributed by atoms with van der Waals surface area (Å²) in [6.07, 6.45) is 7.22. The van der Waals surface area contributed by atoms with E-state index in [0.29, 0.717) is 12.3 Å². The number of hydrogen-bond acceptors (Lipinski definition) is 4. The fourth-order valence-corrected chi connectivity index (χ4v) is 6.87. The van der Waals surface area contributed by atoms with E-state index in [1.807, 2.05) is 6.92 Å². The molecule has 0 spiro atoms. The third-order valence-electron chi connectivity index (χ3n) is 7.89. The molecular formula is C20H26O4. The van der Waals surface area contributed by atoms with Crippen LogP contribution in [0.15, 0.2) is 12.2 Å². The van der Waals surface area contributed by atoms with Gasteiger partial charge in [0.1, 0.15) is 6.29 Å². The average molecular weight is 330 g/mol. The first kappa shape index (κ1) is 16.0. The molecular weight excluding hydrogens is 304 g/mol. The Morgan fingerprint density at radius 1 is 1.21 bits per heavy atom. The lowest BCUT2D eigenvalue weighted by Crippen LogP contribution is -2.54. The Labute approximate surface area is 143 Å². The van der Waals surface area contributed by atoms with Gasteiger partial charge in [-0.05, 0) is 62.7 Å². The van der Waals surface area contributed by atoms with E-state index in [9.17, 15) is 14.4 Å². The molecule has 3 saturated carbocycles. The van der Waals surface area contributed by atoms with Gasteiger partial charge in [-0.1, -0.05) is 25.5 Å². The summed E-state index contributed by atoms with van der Waals surface area (Å²) >= 11 is 0. The lowest BCUT2D eigenvalue weighted by Gasteiger charge is -2.54. The third kappa shape index (κ3) is 1.77. The van der Waals surface area contributed by atoms with Gasteiger partial charge in [-0.2, -0.15) is 0 Å². The first-order valence-corrected chi connectivity index (χ1v) is 9.17. The molecule has 0 aromatic carbocycles. The fraction of sp³-hybridized carbons (Fsp3) is 0.750. The van der Waals surface area contributed by atoms with E-state index in [2.05, 4.69) is 13.5 Å². The van der Waals surface area contributed by atoms with Gasteiger partial charge >= 0.3 is 11.9 Å². The van der Waals surface area contributed by atoms with Crippen molar-refractivity contribution >= 4 is 18.2 Å². The van der Waals surface area contributed by atoms with E-state index in [0.717, 1.165) is 44.8 Å². The minimum absolute atomic E-state index is 0.126. The number of ether oxygens (including phenoxy) is 1. The zero-order valence-electron chi connectivity index (χ0n) is 14.6. The number of aldehydes is 1. The summed E-state index contributed by atoms with van der Waals surface area (Å²) in [5.74, 6) is -0.584. The number of rotatable bonds is 2. The number of hydrogen-bond donors (Lipinski definition) is 0. The zero-order chi connectivity index (χ0) is 17.3. The maximum atomic E-state index is 12.6. The smallest absolute Gasteiger partial charge is 0.320 e. The summed E-state index contributed by atoms with van der Waals surface area (Å²) in [4.78, 5) is 37.1. The monoisotopic (exact) mass is 330 g/mol. The minimum atomic E-state index is -0.722. The van der Waals surface area contributed by atoms with Crippen molar-refractivity contribution in [2.75, 3.05) is 0 Å². The summed E-state index contributed by atoms with van der Waals surface area (Å²) in [6.45, 7) is 8.21. The van der Waals surface area contributed by atoms with Crippen molar-refractivity contribution in [1.82, 2.24) is 0 Å². The number of carbonyl (C=O) groups is 3. The van der Waals surface area contributed by atoms with E-state index < -0.39 is 16.7 Å². The number of esters is 2. The fourth-order valence-electron chi connectivity index (χ4n) is 6.87. The highest BCUT2D eigenvalue weighted by atomic mass is 16.6. The van der Waals surface area contributed by atoms with Crippen LogP contribution in [0.5, 0.6) is 0 Å². The largest absolute Gasteiger partial charge is 0.392 e. The van der Waals surface area contributed by atoms with Crippen LogP contribution < -0.4 is 0 Å². The first-order valence-electron chi connectivity index (χ1n) is 9.17. The number of carbonyl (C=O) groups excluding carboxylic acids is 3. The van der Waals surface area contributed by atoms with Crippen molar-refractivity contribution in [1.29, 1.82) is 0 Å². The van der Waals surface area contributed by atoms with Gasteiger partial charge in [-0.3, -0.25) is 9.59 Å². The van der Waals surface area contributed by atoms with Gasteiger partial charge in [0.05, 0.1) is 11.3 Å². The van der Waals surface area contributed by atoms with E-state index >= 15 is 0 Å². The van der Waals surface area contributed by atoms with Gasteiger partial charge in [0.15, 0.2) is 0 Å². The molecule has 0 aromatic heterocycles. The predicted octanol–water partition coefficient (Wildman–Crippen LogP) is 3.44. The van der Waals surface area contributed by atoms with Crippen LogP contribution in [0.25, 0.3) is 0 Å². The van der Waals surface area contributed by atoms with Crippen LogP contribution in [-0.4, -0.2) is 18.2 Å². The molecule has 0 N–H and O–H groups in total. The van der Waals surface area contributed by atoms with Crippen molar-refractivity contribution in [2.24, 2.45) is 34.0 Å². The third-order valence-corrected chi connectivity index (χ3v) is 7.89. The van der Waals surface area contributed by atoms with Crippen molar-refractivity contribution in [2.45, 2.75) is 58.8 Å². The lowest BCUT2D eigenvalue weighted by atomic mass is 9.46. The van der Waals surface area contributed by atoms with Gasteiger partial charge in [-0.15, -0.1) is 0 Å². The Balaban J connectivity index is 1.79. The van der Waals surface area contributed by atoms with Crippen molar-refractivity contribution < 1.29 is 19.1 Å². The molecule has 4 rings (SSSR count). The van der Waals surface area contributed by atoms with Gasteiger partial charge in [0.25, 0.3) is 0 Å². The normalized spacial score (nSPS) is 50.6. The molecule has 1 aliphatic heterocycles. The molecule has 3 aliphatic carbocycles. The van der Waals surface area contributed by atoms with Crippen LogP contribution in [-0.2, 0) is 19.1 Å². The Kier molecular flexibility index (Phi) is 3.21. The molecule has 4 nitrogen and oxygen atoms in total. The molecule has 6 atom stereocenters. The zero-order valence-corrected chi connectivity index (χ0v) is 14.6. The highest BCUT2D eigenvalue weighted by molar-refractivity contribution is 5.99. The van der Waals surface area contributed by atoms with Crippen LogP contribution in [0, 0.1) is 34.0 Å². The van der Waals surface area contributed by atoms with Crippen LogP contribution in [0.1, 0.15) is 58.8 Å². The summed E-state index contributed by atoms with van der Waals surface area (Å²) in [6, 6.07) is 0. The van der Waals surface area contributed by atoms with Crippen molar-refractivity contribution in [3.05, 3.63) is 12.2 Å². The second-order valence-corrected chi connectivity index (χ2v) is 9.14. The first-order chi connectivity index (χ1) is 11.3. The molecule has 4 aliphatic rings. The van der Waals surface area contributed by atoms with Crippen LogP contribution in [0.2, 0.25) is 0 Å². The molecule has 1 saturated heterocycles.